The van der Waals surface area contributed by atoms with Gasteiger partial charge in [0.15, 0.2) is 5.78 Å². The molecule has 0 bridgehead atoms. The van der Waals surface area contributed by atoms with Gasteiger partial charge in [-0.1, -0.05) is 64.5 Å². The molecule has 1 aliphatic rings. The third-order valence-corrected chi connectivity index (χ3v) is 4.49. The highest BCUT2D eigenvalue weighted by Crippen LogP contribution is 2.33. The van der Waals surface area contributed by atoms with Crippen molar-refractivity contribution < 1.29 is 9.59 Å². The molecule has 3 rings (SSSR count). The first-order valence-electron chi connectivity index (χ1n) is 7.20. The summed E-state index contributed by atoms with van der Waals surface area (Å²) in [6.07, 6.45) is 0. The molecular weight excluding hydrogens is 356 g/mol. The van der Waals surface area contributed by atoms with Gasteiger partial charge in [0.1, 0.15) is 0 Å². The number of hydrogen-bond donors (Lipinski definition) is 2. The second-order valence-corrected chi connectivity index (χ2v) is 6.14. The average Bonchev–Trinajstić information content (AvgIpc) is 2.55. The Hall–Kier alpha value is -2.40. The summed E-state index contributed by atoms with van der Waals surface area (Å²) in [6, 6.07) is 15.8. The van der Waals surface area contributed by atoms with Gasteiger partial charge < -0.3 is 10.6 Å². The van der Waals surface area contributed by atoms with Crippen LogP contribution in [0.5, 0.6) is 0 Å². The molecule has 0 aliphatic carbocycles. The van der Waals surface area contributed by atoms with E-state index >= 15 is 0 Å². The molecule has 0 radical (unpaired) electrons. The molecule has 1 aliphatic heterocycles. The lowest BCUT2D eigenvalue weighted by Crippen LogP contribution is -2.45. The minimum absolute atomic E-state index is 0.101. The largest absolute Gasteiger partial charge is 0.327 e. The lowest BCUT2D eigenvalue weighted by atomic mass is 9.90. The van der Waals surface area contributed by atoms with Crippen LogP contribution in [-0.2, 0) is 0 Å². The fourth-order valence-electron chi connectivity index (χ4n) is 2.68. The maximum Gasteiger partial charge on any atom is 0.319 e. The van der Waals surface area contributed by atoms with Crippen LogP contribution in [0.4, 0.5) is 4.79 Å². The number of amides is 2. The molecule has 1 unspecified atom stereocenters. The highest BCUT2D eigenvalue weighted by Gasteiger charge is 2.32. The van der Waals surface area contributed by atoms with Gasteiger partial charge in [-0.05, 0) is 18.6 Å². The molecule has 2 amide bonds. The Kier molecular flexibility index (Phi) is 4.30. The molecule has 5 heteroatoms. The molecule has 2 N–H and O–H groups in total. The van der Waals surface area contributed by atoms with Crippen LogP contribution in [0.1, 0.15) is 28.9 Å². The van der Waals surface area contributed by atoms with E-state index in [2.05, 4.69) is 26.6 Å². The van der Waals surface area contributed by atoms with E-state index in [1.807, 2.05) is 42.5 Å². The maximum atomic E-state index is 12.9. The Labute approximate surface area is 142 Å². The first kappa shape index (κ1) is 15.5. The quantitative estimate of drug-likeness (QED) is 0.803. The summed E-state index contributed by atoms with van der Waals surface area (Å²) in [7, 11) is 0. The van der Waals surface area contributed by atoms with Gasteiger partial charge in [-0.2, -0.15) is 0 Å². The summed E-state index contributed by atoms with van der Waals surface area (Å²) < 4.78 is 0.846. The summed E-state index contributed by atoms with van der Waals surface area (Å²) in [6.45, 7) is 1.75. The predicted molar refractivity (Wildman–Crippen MR) is 92.0 cm³/mol. The highest BCUT2D eigenvalue weighted by atomic mass is 79.9. The second-order valence-electron chi connectivity index (χ2n) is 5.29. The van der Waals surface area contributed by atoms with Crippen LogP contribution < -0.4 is 10.6 Å². The van der Waals surface area contributed by atoms with Crippen molar-refractivity contribution in [3.05, 3.63) is 81.5 Å². The van der Waals surface area contributed by atoms with E-state index in [0.29, 0.717) is 16.8 Å². The van der Waals surface area contributed by atoms with Crippen LogP contribution in [0.3, 0.4) is 0 Å². The Morgan fingerprint density at radius 1 is 1.04 bits per heavy atom. The number of Topliss-reactive ketones (excluding diaryl/α,β-unsaturated/α-hetero) is 1. The number of carbonyl (C=O) groups excluding carboxylic acids is 2. The van der Waals surface area contributed by atoms with Gasteiger partial charge >= 0.3 is 6.03 Å². The summed E-state index contributed by atoms with van der Waals surface area (Å²) in [5, 5.41) is 5.54. The highest BCUT2D eigenvalue weighted by molar-refractivity contribution is 9.10. The van der Waals surface area contributed by atoms with Gasteiger partial charge in [0.05, 0.1) is 6.04 Å². The van der Waals surface area contributed by atoms with E-state index in [-0.39, 0.29) is 11.8 Å². The summed E-state index contributed by atoms with van der Waals surface area (Å²) in [4.78, 5) is 24.8. The number of urea groups is 1. The molecule has 0 fully saturated rings. The Bertz CT molecular complexity index is 800. The van der Waals surface area contributed by atoms with Crippen molar-refractivity contribution in [1.29, 1.82) is 0 Å². The molecule has 4 nitrogen and oxygen atoms in total. The summed E-state index contributed by atoms with van der Waals surface area (Å²) in [5.74, 6) is -0.101. The standard InChI is InChI=1S/C18H15BrN2O2/c1-11-15(17(22)12-7-3-2-4-8-12)16(21-18(23)20-11)13-9-5-6-10-14(13)19/h2-10,16H,1H3,(H2,20,21,23). The number of rotatable bonds is 3. The Morgan fingerprint density at radius 2 is 1.70 bits per heavy atom. The first-order chi connectivity index (χ1) is 11.1. The van der Waals surface area contributed by atoms with Crippen molar-refractivity contribution in [3.63, 3.8) is 0 Å². The van der Waals surface area contributed by atoms with Crippen LogP contribution in [0.2, 0.25) is 0 Å². The van der Waals surface area contributed by atoms with E-state index < -0.39 is 6.04 Å². The van der Waals surface area contributed by atoms with Gasteiger partial charge in [-0.3, -0.25) is 4.79 Å². The molecule has 0 saturated carbocycles. The zero-order valence-corrected chi connectivity index (χ0v) is 14.1. The van der Waals surface area contributed by atoms with Crippen LogP contribution in [0, 0.1) is 0 Å². The number of hydrogen-bond acceptors (Lipinski definition) is 2. The topological polar surface area (TPSA) is 58.2 Å². The van der Waals surface area contributed by atoms with E-state index in [1.54, 1.807) is 19.1 Å². The SMILES string of the molecule is CC1=C(C(=O)c2ccccc2)C(c2ccccc2Br)NC(=O)N1. The van der Waals surface area contributed by atoms with Gasteiger partial charge in [-0.25, -0.2) is 4.79 Å². The number of benzene rings is 2. The molecule has 0 aromatic heterocycles. The third-order valence-electron chi connectivity index (χ3n) is 3.77. The average molecular weight is 371 g/mol. The van der Waals surface area contributed by atoms with Crippen LogP contribution in [0.25, 0.3) is 0 Å². The van der Waals surface area contributed by atoms with Gasteiger partial charge in [-0.15, -0.1) is 0 Å². The van der Waals surface area contributed by atoms with Crippen molar-refractivity contribution >= 4 is 27.7 Å². The molecule has 116 valence electrons. The van der Waals surface area contributed by atoms with E-state index in [9.17, 15) is 9.59 Å². The van der Waals surface area contributed by atoms with Gasteiger partial charge in [0.2, 0.25) is 0 Å². The van der Waals surface area contributed by atoms with E-state index in [1.165, 1.54) is 0 Å². The zero-order valence-electron chi connectivity index (χ0n) is 12.5. The van der Waals surface area contributed by atoms with Gasteiger partial charge in [0.25, 0.3) is 0 Å². The number of allylic oxidation sites excluding steroid dienone is 1. The monoisotopic (exact) mass is 370 g/mol. The van der Waals surface area contributed by atoms with Crippen molar-refractivity contribution in [1.82, 2.24) is 10.6 Å². The lowest BCUT2D eigenvalue weighted by Gasteiger charge is -2.29. The molecule has 0 saturated heterocycles. The Balaban J connectivity index is 2.10. The fourth-order valence-corrected chi connectivity index (χ4v) is 3.20. The minimum atomic E-state index is -0.493. The smallest absolute Gasteiger partial charge is 0.319 e. The molecule has 0 spiro atoms. The van der Waals surface area contributed by atoms with Gasteiger partial charge in [0, 0.05) is 21.3 Å². The van der Waals surface area contributed by atoms with E-state index in [0.717, 1.165) is 10.0 Å². The molecule has 2 aromatic carbocycles. The van der Waals surface area contributed by atoms with Crippen LogP contribution in [0.15, 0.2) is 70.3 Å². The van der Waals surface area contributed by atoms with Crippen molar-refractivity contribution in [2.45, 2.75) is 13.0 Å². The van der Waals surface area contributed by atoms with Crippen molar-refractivity contribution in [2.75, 3.05) is 0 Å². The molecule has 1 heterocycles. The number of carbonyl (C=O) groups is 2. The summed E-state index contributed by atoms with van der Waals surface area (Å²) >= 11 is 3.50. The maximum absolute atomic E-state index is 12.9. The number of ketones is 1. The van der Waals surface area contributed by atoms with Crippen LogP contribution >= 0.6 is 15.9 Å². The minimum Gasteiger partial charge on any atom is -0.327 e. The molecule has 2 aromatic rings. The first-order valence-corrected chi connectivity index (χ1v) is 7.99. The second kappa shape index (κ2) is 6.38. The zero-order chi connectivity index (χ0) is 16.4. The predicted octanol–water partition coefficient (Wildman–Crippen LogP) is 3.96. The normalized spacial score (nSPS) is 17.5. The number of nitrogens with one attached hydrogen (secondary N) is 2. The summed E-state index contributed by atoms with van der Waals surface area (Å²) in [5.41, 5.74) is 2.56. The third kappa shape index (κ3) is 3.05. The molecule has 23 heavy (non-hydrogen) atoms. The van der Waals surface area contributed by atoms with Crippen molar-refractivity contribution in [2.24, 2.45) is 0 Å². The molecule has 1 atom stereocenters. The Morgan fingerprint density at radius 3 is 2.39 bits per heavy atom. The lowest BCUT2D eigenvalue weighted by molar-refractivity contribution is 0.102. The van der Waals surface area contributed by atoms with Crippen LogP contribution in [-0.4, -0.2) is 11.8 Å². The molecular formula is C18H15BrN2O2. The fraction of sp³-hybridized carbons (Fsp3) is 0.111. The van der Waals surface area contributed by atoms with Crippen molar-refractivity contribution in [3.8, 4) is 0 Å². The van der Waals surface area contributed by atoms with E-state index in [4.69, 9.17) is 0 Å². The number of halogens is 1.